The minimum absolute atomic E-state index is 0.0481. The van der Waals surface area contributed by atoms with Gasteiger partial charge in [-0.2, -0.15) is 26.3 Å². The Kier molecular flexibility index (Phi) is 10.3. The normalized spacial score (nSPS) is 12.1. The zero-order valence-corrected chi connectivity index (χ0v) is 19.6. The van der Waals surface area contributed by atoms with Crippen molar-refractivity contribution >= 4 is 30.7 Å². The Morgan fingerprint density at radius 2 is 1.34 bits per heavy atom. The number of rotatable bonds is 11. The van der Waals surface area contributed by atoms with Crippen molar-refractivity contribution in [2.75, 3.05) is 26.7 Å². The summed E-state index contributed by atoms with van der Waals surface area (Å²) in [6.45, 7) is -3.28. The molecule has 2 rings (SSSR count). The molecule has 0 saturated heterocycles. The summed E-state index contributed by atoms with van der Waals surface area (Å²) in [6.07, 6.45) is -8.64. The van der Waals surface area contributed by atoms with Crippen LogP contribution in [0.4, 0.5) is 26.3 Å². The Morgan fingerprint density at radius 1 is 0.842 bits per heavy atom. The molecular formula is C19H17F6N4O8P. The lowest BCUT2D eigenvalue weighted by atomic mass is 10.2. The first-order chi connectivity index (χ1) is 17.7. The van der Waals surface area contributed by atoms with Crippen LogP contribution in [-0.2, 0) is 27.9 Å². The van der Waals surface area contributed by atoms with E-state index in [0.717, 1.165) is 18.5 Å². The predicted octanol–water partition coefficient (Wildman–Crippen LogP) is 1.42. The summed E-state index contributed by atoms with van der Waals surface area (Å²) in [6, 6.07) is 4.89. The molecular weight excluding hydrogens is 557 g/mol. The highest BCUT2D eigenvalue weighted by molar-refractivity contribution is 7.62. The SMILES string of the molecule is O=C(OCCO)c1ccc(-c2ccc(P(=O)(OCNC(=O)C(F)(F)F)OCNC(=O)C(F)(F)F)cn2)nc1. The van der Waals surface area contributed by atoms with Crippen LogP contribution in [-0.4, -0.2) is 71.9 Å². The van der Waals surface area contributed by atoms with Crippen molar-refractivity contribution in [2.45, 2.75) is 12.4 Å². The summed E-state index contributed by atoms with van der Waals surface area (Å²) >= 11 is 0. The van der Waals surface area contributed by atoms with Crippen LogP contribution in [0.25, 0.3) is 11.4 Å². The van der Waals surface area contributed by atoms with Crippen molar-refractivity contribution in [2.24, 2.45) is 0 Å². The number of nitrogens with zero attached hydrogens (tertiary/aromatic N) is 2. The third-order valence-corrected chi connectivity index (χ3v) is 5.93. The number of aliphatic hydroxyl groups is 1. The molecule has 0 saturated carbocycles. The van der Waals surface area contributed by atoms with Gasteiger partial charge >= 0.3 is 37.7 Å². The number of esters is 1. The van der Waals surface area contributed by atoms with Crippen LogP contribution in [0, 0.1) is 0 Å². The van der Waals surface area contributed by atoms with E-state index in [4.69, 9.17) is 18.9 Å². The Labute approximate surface area is 208 Å². The summed E-state index contributed by atoms with van der Waals surface area (Å²) < 4.78 is 101. The second kappa shape index (κ2) is 12.8. The number of aliphatic hydroxyl groups excluding tert-OH is 1. The number of halogens is 6. The molecule has 2 amide bonds. The fourth-order valence-corrected chi connectivity index (χ4v) is 3.64. The van der Waals surface area contributed by atoms with E-state index < -0.39 is 56.5 Å². The maximum atomic E-state index is 13.1. The second-order valence-electron chi connectivity index (χ2n) is 6.74. The third-order valence-electron chi connectivity index (χ3n) is 4.10. The molecule has 0 fully saturated rings. The smallest absolute Gasteiger partial charge is 0.460 e. The molecule has 0 radical (unpaired) electrons. The zero-order valence-electron chi connectivity index (χ0n) is 18.7. The second-order valence-corrected chi connectivity index (χ2v) is 8.77. The molecule has 0 bridgehead atoms. The number of aromatic nitrogens is 2. The maximum Gasteiger partial charge on any atom is 0.471 e. The van der Waals surface area contributed by atoms with Crippen molar-refractivity contribution in [1.82, 2.24) is 20.6 Å². The molecule has 0 atom stereocenters. The van der Waals surface area contributed by atoms with E-state index >= 15 is 0 Å². The van der Waals surface area contributed by atoms with E-state index in [0.29, 0.717) is 0 Å². The van der Waals surface area contributed by atoms with Crippen molar-refractivity contribution in [1.29, 1.82) is 0 Å². The van der Waals surface area contributed by atoms with Crippen LogP contribution in [0.5, 0.6) is 0 Å². The first kappa shape index (κ1) is 30.6. The third kappa shape index (κ3) is 8.76. The number of nitrogens with one attached hydrogen (secondary N) is 2. The Bertz CT molecular complexity index is 1140. The van der Waals surface area contributed by atoms with Crippen molar-refractivity contribution in [3.8, 4) is 11.4 Å². The molecule has 3 N–H and O–H groups in total. The van der Waals surface area contributed by atoms with Crippen LogP contribution < -0.4 is 15.9 Å². The lowest BCUT2D eigenvalue weighted by Gasteiger charge is -2.19. The Balaban J connectivity index is 2.20. The molecule has 2 heterocycles. The fraction of sp³-hybridized carbons (Fsp3) is 0.316. The fourth-order valence-electron chi connectivity index (χ4n) is 2.34. The van der Waals surface area contributed by atoms with E-state index in [1.807, 2.05) is 0 Å². The van der Waals surface area contributed by atoms with E-state index in [2.05, 4.69) is 9.97 Å². The topological polar surface area (TPSA) is 166 Å². The highest BCUT2D eigenvalue weighted by Gasteiger charge is 2.40. The largest absolute Gasteiger partial charge is 0.471 e. The molecule has 2 aromatic rings. The monoisotopic (exact) mass is 574 g/mol. The molecule has 12 nitrogen and oxygen atoms in total. The van der Waals surface area contributed by atoms with Gasteiger partial charge in [-0.1, -0.05) is 0 Å². The minimum Gasteiger partial charge on any atom is -0.460 e. The molecule has 0 aliphatic heterocycles. The van der Waals surface area contributed by atoms with Crippen LogP contribution >= 0.6 is 7.60 Å². The predicted molar refractivity (Wildman–Crippen MR) is 112 cm³/mol. The van der Waals surface area contributed by atoms with Crippen LogP contribution in [0.15, 0.2) is 36.7 Å². The lowest BCUT2D eigenvalue weighted by molar-refractivity contribution is -0.174. The van der Waals surface area contributed by atoms with Gasteiger partial charge in [-0.25, -0.2) is 4.79 Å². The Hall–Kier alpha value is -3.60. The van der Waals surface area contributed by atoms with Crippen molar-refractivity contribution in [3.63, 3.8) is 0 Å². The summed E-state index contributed by atoms with van der Waals surface area (Å²) in [5.41, 5.74) is 0.347. The zero-order chi connectivity index (χ0) is 28.6. The van der Waals surface area contributed by atoms with Gasteiger partial charge in [0.25, 0.3) is 0 Å². The molecule has 0 spiro atoms. The quantitative estimate of drug-likeness (QED) is 0.155. The first-order valence-corrected chi connectivity index (χ1v) is 11.5. The highest BCUT2D eigenvalue weighted by Crippen LogP contribution is 2.46. The van der Waals surface area contributed by atoms with Gasteiger partial charge < -0.3 is 20.5 Å². The number of carbonyl (C=O) groups excluding carboxylic acids is 3. The van der Waals surface area contributed by atoms with Gasteiger partial charge in [0.15, 0.2) is 0 Å². The maximum absolute atomic E-state index is 13.1. The van der Waals surface area contributed by atoms with Gasteiger partial charge in [-0.15, -0.1) is 0 Å². The average molecular weight is 574 g/mol. The first-order valence-electron chi connectivity index (χ1n) is 9.97. The minimum atomic E-state index is -5.31. The van der Waals surface area contributed by atoms with Crippen molar-refractivity contribution in [3.05, 3.63) is 42.2 Å². The standard InChI is InChI=1S/C19H17F6N4O8P/c20-18(21,22)16(32)28-9-36-38(34,37-10-29-17(33)19(23,24)25)12-2-4-14(27-8-12)13-3-1-11(7-26-13)15(31)35-6-5-30/h1-4,7-8,30H,5-6,9-10H2,(H,28,32)(H,29,33). The van der Waals surface area contributed by atoms with Gasteiger partial charge in [0, 0.05) is 12.4 Å². The molecule has 208 valence electrons. The molecule has 0 aliphatic carbocycles. The molecule has 19 heteroatoms. The van der Waals surface area contributed by atoms with Gasteiger partial charge in [-0.05, 0) is 24.3 Å². The molecule has 0 unspecified atom stereocenters. The molecule has 38 heavy (non-hydrogen) atoms. The number of carbonyl (C=O) groups is 3. The van der Waals surface area contributed by atoms with Crippen LogP contribution in [0.1, 0.15) is 10.4 Å². The van der Waals surface area contributed by atoms with Gasteiger partial charge in [0.05, 0.1) is 28.9 Å². The number of pyridine rings is 2. The van der Waals surface area contributed by atoms with Gasteiger partial charge in [0.1, 0.15) is 20.1 Å². The summed E-state index contributed by atoms with van der Waals surface area (Å²) in [4.78, 5) is 41.5. The number of alkyl halides is 6. The number of hydrogen-bond acceptors (Lipinski definition) is 10. The van der Waals surface area contributed by atoms with E-state index in [9.17, 15) is 45.3 Å². The number of hydrogen-bond donors (Lipinski definition) is 3. The number of ether oxygens (including phenoxy) is 1. The molecule has 0 aromatic carbocycles. The summed E-state index contributed by atoms with van der Waals surface area (Å²) in [7, 11) is -4.76. The van der Waals surface area contributed by atoms with E-state index in [1.165, 1.54) is 28.8 Å². The summed E-state index contributed by atoms with van der Waals surface area (Å²) in [5.74, 6) is -5.68. The molecule has 2 aromatic heterocycles. The Morgan fingerprint density at radius 3 is 1.74 bits per heavy atom. The van der Waals surface area contributed by atoms with Crippen molar-refractivity contribution < 1.29 is 64.2 Å². The van der Waals surface area contributed by atoms with Crippen LogP contribution in [0.3, 0.4) is 0 Å². The average Bonchev–Trinajstić information content (AvgIpc) is 2.86. The highest BCUT2D eigenvalue weighted by atomic mass is 31.2. The lowest BCUT2D eigenvalue weighted by Crippen LogP contribution is -2.39. The summed E-state index contributed by atoms with van der Waals surface area (Å²) in [5, 5.41) is 10.7. The number of amides is 2. The van der Waals surface area contributed by atoms with Gasteiger partial charge in [-0.3, -0.25) is 33.2 Å². The molecule has 0 aliphatic rings. The van der Waals surface area contributed by atoms with E-state index in [-0.39, 0.29) is 30.2 Å². The van der Waals surface area contributed by atoms with E-state index in [1.54, 1.807) is 0 Å². The van der Waals surface area contributed by atoms with Gasteiger partial charge in [0.2, 0.25) is 0 Å². The van der Waals surface area contributed by atoms with Crippen LogP contribution in [0.2, 0.25) is 0 Å².